The standard InChI is InChI=1S/C22H25FN2/c1-17-16-24(13-10-18-6-8-20(23)9-7-18)14-12-21(17)25-15-11-19-4-2-3-5-22(19)25/h2-9,11,15,17,21H,10,12-14,16H2,1H3. The van der Waals surface area contributed by atoms with E-state index in [4.69, 9.17) is 0 Å². The van der Waals surface area contributed by atoms with Crippen molar-refractivity contribution in [3.63, 3.8) is 0 Å². The lowest BCUT2D eigenvalue weighted by Crippen LogP contribution is -2.41. The van der Waals surface area contributed by atoms with Gasteiger partial charge in [0.1, 0.15) is 5.82 Å². The zero-order valence-corrected chi connectivity index (χ0v) is 14.7. The molecule has 1 aliphatic rings. The van der Waals surface area contributed by atoms with Crippen molar-refractivity contribution in [2.45, 2.75) is 25.8 Å². The summed E-state index contributed by atoms with van der Waals surface area (Å²) in [5.41, 5.74) is 2.56. The van der Waals surface area contributed by atoms with Crippen molar-refractivity contribution < 1.29 is 4.39 Å². The van der Waals surface area contributed by atoms with Gasteiger partial charge in [-0.05, 0) is 54.0 Å². The number of nitrogens with zero attached hydrogens (tertiary/aromatic N) is 2. The van der Waals surface area contributed by atoms with Gasteiger partial charge in [-0.15, -0.1) is 0 Å². The lowest BCUT2D eigenvalue weighted by molar-refractivity contribution is 0.136. The Morgan fingerprint density at radius 2 is 1.84 bits per heavy atom. The highest BCUT2D eigenvalue weighted by molar-refractivity contribution is 5.80. The number of piperidine rings is 1. The molecular formula is C22H25FN2. The van der Waals surface area contributed by atoms with E-state index in [1.54, 1.807) is 12.1 Å². The van der Waals surface area contributed by atoms with Crippen molar-refractivity contribution in [2.24, 2.45) is 5.92 Å². The molecule has 4 rings (SSSR count). The SMILES string of the molecule is CC1CN(CCc2ccc(F)cc2)CCC1n1ccc2ccccc21. The molecule has 2 unspecified atom stereocenters. The second-order valence-electron chi connectivity index (χ2n) is 7.29. The highest BCUT2D eigenvalue weighted by Crippen LogP contribution is 2.31. The number of hydrogen-bond donors (Lipinski definition) is 0. The highest BCUT2D eigenvalue weighted by Gasteiger charge is 2.27. The first-order valence-electron chi connectivity index (χ1n) is 9.23. The van der Waals surface area contributed by atoms with Crippen molar-refractivity contribution in [3.8, 4) is 0 Å². The summed E-state index contributed by atoms with van der Waals surface area (Å²) in [5.74, 6) is 0.468. The maximum absolute atomic E-state index is 13.0. The molecule has 2 atom stereocenters. The minimum absolute atomic E-state index is 0.155. The van der Waals surface area contributed by atoms with Crippen LogP contribution < -0.4 is 0 Å². The van der Waals surface area contributed by atoms with Gasteiger partial charge in [-0.3, -0.25) is 0 Å². The third-order valence-corrected chi connectivity index (χ3v) is 5.56. The Labute approximate surface area is 148 Å². The first-order chi connectivity index (χ1) is 12.2. The highest BCUT2D eigenvalue weighted by atomic mass is 19.1. The van der Waals surface area contributed by atoms with E-state index in [1.165, 1.54) is 22.9 Å². The zero-order chi connectivity index (χ0) is 17.2. The monoisotopic (exact) mass is 336 g/mol. The Bertz CT molecular complexity index is 837. The maximum Gasteiger partial charge on any atom is 0.123 e. The predicted molar refractivity (Wildman–Crippen MR) is 101 cm³/mol. The van der Waals surface area contributed by atoms with Gasteiger partial charge in [-0.25, -0.2) is 4.39 Å². The van der Waals surface area contributed by atoms with Crippen molar-refractivity contribution in [3.05, 3.63) is 72.2 Å². The molecule has 25 heavy (non-hydrogen) atoms. The van der Waals surface area contributed by atoms with Crippen LogP contribution >= 0.6 is 0 Å². The van der Waals surface area contributed by atoms with Gasteiger partial charge in [-0.1, -0.05) is 37.3 Å². The van der Waals surface area contributed by atoms with Crippen molar-refractivity contribution in [1.82, 2.24) is 9.47 Å². The summed E-state index contributed by atoms with van der Waals surface area (Å²) in [5, 5.41) is 1.33. The number of aromatic nitrogens is 1. The van der Waals surface area contributed by atoms with E-state index in [1.807, 2.05) is 12.1 Å². The van der Waals surface area contributed by atoms with Crippen molar-refractivity contribution in [2.75, 3.05) is 19.6 Å². The largest absolute Gasteiger partial charge is 0.344 e. The fourth-order valence-corrected chi connectivity index (χ4v) is 4.17. The van der Waals surface area contributed by atoms with Crippen LogP contribution in [0.5, 0.6) is 0 Å². The maximum atomic E-state index is 13.0. The first-order valence-corrected chi connectivity index (χ1v) is 9.23. The summed E-state index contributed by atoms with van der Waals surface area (Å²) < 4.78 is 15.5. The molecule has 0 spiro atoms. The molecule has 0 N–H and O–H groups in total. The van der Waals surface area contributed by atoms with E-state index in [0.29, 0.717) is 12.0 Å². The third-order valence-electron chi connectivity index (χ3n) is 5.56. The Hall–Kier alpha value is -2.13. The molecule has 1 fully saturated rings. The van der Waals surface area contributed by atoms with Crippen molar-refractivity contribution >= 4 is 10.9 Å². The number of fused-ring (bicyclic) bond motifs is 1. The fourth-order valence-electron chi connectivity index (χ4n) is 4.17. The van der Waals surface area contributed by atoms with Crippen LogP contribution in [0.3, 0.4) is 0 Å². The van der Waals surface area contributed by atoms with E-state index >= 15 is 0 Å². The van der Waals surface area contributed by atoms with E-state index in [2.05, 4.69) is 52.9 Å². The van der Waals surface area contributed by atoms with Crippen LogP contribution in [0.2, 0.25) is 0 Å². The van der Waals surface area contributed by atoms with Crippen LogP contribution in [0, 0.1) is 11.7 Å². The van der Waals surface area contributed by atoms with Crippen molar-refractivity contribution in [1.29, 1.82) is 0 Å². The third kappa shape index (κ3) is 3.47. The molecule has 3 aromatic rings. The van der Waals surface area contributed by atoms with E-state index in [-0.39, 0.29) is 5.82 Å². The van der Waals surface area contributed by atoms with Gasteiger partial charge in [-0.2, -0.15) is 0 Å². The summed E-state index contributed by atoms with van der Waals surface area (Å²) in [6.45, 7) is 5.67. The Morgan fingerprint density at radius 3 is 2.64 bits per heavy atom. The number of para-hydroxylation sites is 1. The van der Waals surface area contributed by atoms with Gasteiger partial charge in [0.2, 0.25) is 0 Å². The van der Waals surface area contributed by atoms with Gasteiger partial charge in [0.05, 0.1) is 0 Å². The molecule has 2 aromatic carbocycles. The van der Waals surface area contributed by atoms with Gasteiger partial charge in [0.15, 0.2) is 0 Å². The molecule has 1 aromatic heterocycles. The smallest absolute Gasteiger partial charge is 0.123 e. The topological polar surface area (TPSA) is 8.17 Å². The Morgan fingerprint density at radius 1 is 1.04 bits per heavy atom. The minimum Gasteiger partial charge on any atom is -0.344 e. The summed E-state index contributed by atoms with van der Waals surface area (Å²) in [6, 6.07) is 18.4. The van der Waals surface area contributed by atoms with Crippen LogP contribution in [0.15, 0.2) is 60.8 Å². The molecule has 1 aliphatic heterocycles. The lowest BCUT2D eigenvalue weighted by atomic mass is 9.93. The average Bonchev–Trinajstić information content (AvgIpc) is 3.05. The average molecular weight is 336 g/mol. The summed E-state index contributed by atoms with van der Waals surface area (Å²) >= 11 is 0. The number of hydrogen-bond acceptors (Lipinski definition) is 1. The fraction of sp³-hybridized carbons (Fsp3) is 0.364. The number of benzene rings is 2. The normalized spacial score (nSPS) is 21.7. The summed E-state index contributed by atoms with van der Waals surface area (Å²) in [6.07, 6.45) is 4.42. The molecule has 0 amide bonds. The second-order valence-corrected chi connectivity index (χ2v) is 7.29. The molecule has 0 bridgehead atoms. The van der Waals surface area contributed by atoms with Gasteiger partial charge in [0, 0.05) is 37.4 Å². The number of likely N-dealkylation sites (tertiary alicyclic amines) is 1. The summed E-state index contributed by atoms with van der Waals surface area (Å²) in [4.78, 5) is 2.55. The predicted octanol–water partition coefficient (Wildman–Crippen LogP) is 4.91. The van der Waals surface area contributed by atoms with E-state index < -0.39 is 0 Å². The Kier molecular flexibility index (Phi) is 4.58. The molecule has 3 heteroatoms. The lowest BCUT2D eigenvalue weighted by Gasteiger charge is -2.38. The molecule has 2 nitrogen and oxygen atoms in total. The molecule has 1 saturated heterocycles. The quantitative estimate of drug-likeness (QED) is 0.657. The van der Waals surface area contributed by atoms with Crippen LogP contribution in [-0.4, -0.2) is 29.1 Å². The number of halogens is 1. The molecular weight excluding hydrogens is 311 g/mol. The van der Waals surface area contributed by atoms with Crippen LogP contribution in [-0.2, 0) is 6.42 Å². The first kappa shape index (κ1) is 16.3. The van der Waals surface area contributed by atoms with Crippen LogP contribution in [0.4, 0.5) is 4.39 Å². The summed E-state index contributed by atoms with van der Waals surface area (Å²) in [7, 11) is 0. The molecule has 130 valence electrons. The minimum atomic E-state index is -0.155. The molecule has 2 heterocycles. The zero-order valence-electron chi connectivity index (χ0n) is 14.7. The van der Waals surface area contributed by atoms with Gasteiger partial charge >= 0.3 is 0 Å². The van der Waals surface area contributed by atoms with E-state index in [9.17, 15) is 4.39 Å². The van der Waals surface area contributed by atoms with Gasteiger partial charge < -0.3 is 9.47 Å². The molecule has 0 aliphatic carbocycles. The Balaban J connectivity index is 1.39. The molecule has 0 radical (unpaired) electrons. The number of rotatable bonds is 4. The molecule has 0 saturated carbocycles. The van der Waals surface area contributed by atoms with E-state index in [0.717, 1.165) is 26.1 Å². The van der Waals surface area contributed by atoms with Gasteiger partial charge in [0.25, 0.3) is 0 Å². The van der Waals surface area contributed by atoms with Crippen LogP contribution in [0.1, 0.15) is 24.9 Å². The second kappa shape index (κ2) is 7.01. The van der Waals surface area contributed by atoms with Crippen LogP contribution in [0.25, 0.3) is 10.9 Å².